The zero-order valence-electron chi connectivity index (χ0n) is 23.5. The van der Waals surface area contributed by atoms with Crippen LogP contribution in [0.4, 0.5) is 11.4 Å². The van der Waals surface area contributed by atoms with Crippen molar-refractivity contribution in [3.8, 4) is 0 Å². The maximum Gasteiger partial charge on any atom is 0.271 e. The molecule has 0 N–H and O–H groups in total. The van der Waals surface area contributed by atoms with Crippen LogP contribution in [0.2, 0.25) is 5.02 Å². The molecule has 0 radical (unpaired) electrons. The Balaban J connectivity index is 1.44. The summed E-state index contributed by atoms with van der Waals surface area (Å²) in [5.74, 6) is -0.0798. The second-order valence-corrected chi connectivity index (χ2v) is 11.9. The molecule has 1 aliphatic rings. The molecule has 1 saturated heterocycles. The lowest BCUT2D eigenvalue weighted by atomic mass is 10.1. The Morgan fingerprint density at radius 3 is 2.29 bits per heavy atom. The molecule has 204 valence electrons. The first kappa shape index (κ1) is 27.1. The van der Waals surface area contributed by atoms with Gasteiger partial charge in [0.2, 0.25) is 0 Å². The van der Waals surface area contributed by atoms with Gasteiger partial charge in [0.05, 0.1) is 16.3 Å². The van der Waals surface area contributed by atoms with Crippen molar-refractivity contribution in [1.82, 2.24) is 4.57 Å². The first-order valence-corrected chi connectivity index (χ1v) is 14.8. The molecule has 1 aromatic heterocycles. The smallest absolute Gasteiger partial charge is 0.271 e. The van der Waals surface area contributed by atoms with Gasteiger partial charge >= 0.3 is 0 Å². The zero-order chi connectivity index (χ0) is 28.7. The van der Waals surface area contributed by atoms with E-state index in [-0.39, 0.29) is 5.91 Å². The van der Waals surface area contributed by atoms with E-state index >= 15 is 0 Å². The first-order chi connectivity index (χ1) is 19.8. The molecule has 4 nitrogen and oxygen atoms in total. The number of nitrogens with zero attached hydrogens (tertiary/aromatic N) is 3. The lowest BCUT2D eigenvalue weighted by Gasteiger charge is -2.17. The molecule has 0 bridgehead atoms. The second-order valence-electron chi connectivity index (χ2n) is 10.5. The quantitative estimate of drug-likeness (QED) is 0.196. The van der Waals surface area contributed by atoms with Crippen LogP contribution in [0.3, 0.4) is 0 Å². The molecule has 6 rings (SSSR count). The standard InChI is InChI=1S/C35H30ClN3OS/c1-22-13-15-28(17-24(22)3)37-35-39(29-16-14-23(2)25(4)18-29)34(40)33(41-35)19-27-21-38(32-12-8-6-10-30(27)32)20-26-9-5-7-11-31(26)36/h5-19,21H,20H2,1-4H3/b33-19-,37-35?. The number of carbonyl (C=O) groups is 1. The molecule has 0 unspecified atom stereocenters. The van der Waals surface area contributed by atoms with Gasteiger partial charge in [-0.25, -0.2) is 4.99 Å². The highest BCUT2D eigenvalue weighted by molar-refractivity contribution is 8.19. The van der Waals surface area contributed by atoms with Gasteiger partial charge in [-0.3, -0.25) is 9.69 Å². The fourth-order valence-electron chi connectivity index (χ4n) is 5.02. The maximum absolute atomic E-state index is 14.0. The molecule has 0 aliphatic carbocycles. The van der Waals surface area contributed by atoms with E-state index in [0.717, 1.165) is 44.0 Å². The fraction of sp³-hybridized carbons (Fsp3) is 0.143. The largest absolute Gasteiger partial charge is 0.342 e. The molecule has 0 atom stereocenters. The van der Waals surface area contributed by atoms with Gasteiger partial charge in [0.1, 0.15) is 0 Å². The summed E-state index contributed by atoms with van der Waals surface area (Å²) in [5.41, 5.74) is 9.45. The van der Waals surface area contributed by atoms with Gasteiger partial charge in [-0.05, 0) is 110 Å². The fourth-order valence-corrected chi connectivity index (χ4v) is 6.21. The van der Waals surface area contributed by atoms with E-state index in [4.69, 9.17) is 16.6 Å². The Labute approximate surface area is 250 Å². The van der Waals surface area contributed by atoms with Gasteiger partial charge in [-0.1, -0.05) is 60.1 Å². The number of hydrogen-bond acceptors (Lipinski definition) is 3. The highest BCUT2D eigenvalue weighted by Crippen LogP contribution is 2.39. The maximum atomic E-state index is 14.0. The van der Waals surface area contributed by atoms with E-state index in [1.54, 1.807) is 4.90 Å². The number of thioether (sulfide) groups is 1. The van der Waals surface area contributed by atoms with E-state index in [2.05, 4.69) is 74.9 Å². The van der Waals surface area contributed by atoms with Crippen LogP contribution in [0, 0.1) is 27.7 Å². The Kier molecular flexibility index (Phi) is 7.33. The number of benzene rings is 4. The summed E-state index contributed by atoms with van der Waals surface area (Å²) in [6.07, 6.45) is 4.10. The number of carbonyl (C=O) groups excluding carboxylic acids is 1. The van der Waals surface area contributed by atoms with Crippen LogP contribution in [0.25, 0.3) is 17.0 Å². The minimum absolute atomic E-state index is 0.0798. The monoisotopic (exact) mass is 575 g/mol. The number of aromatic nitrogens is 1. The summed E-state index contributed by atoms with van der Waals surface area (Å²) in [6, 6.07) is 28.4. The van der Waals surface area contributed by atoms with Crippen molar-refractivity contribution in [2.24, 2.45) is 4.99 Å². The minimum atomic E-state index is -0.0798. The predicted molar refractivity (Wildman–Crippen MR) is 174 cm³/mol. The van der Waals surface area contributed by atoms with Gasteiger partial charge < -0.3 is 4.57 Å². The molecule has 1 amide bonds. The van der Waals surface area contributed by atoms with Crippen LogP contribution < -0.4 is 4.90 Å². The lowest BCUT2D eigenvalue weighted by Crippen LogP contribution is -2.28. The number of halogens is 1. The first-order valence-electron chi connectivity index (χ1n) is 13.6. The minimum Gasteiger partial charge on any atom is -0.342 e. The number of anilines is 1. The van der Waals surface area contributed by atoms with Crippen molar-refractivity contribution in [3.63, 3.8) is 0 Å². The average Bonchev–Trinajstić information content (AvgIpc) is 3.45. The Morgan fingerprint density at radius 1 is 0.829 bits per heavy atom. The summed E-state index contributed by atoms with van der Waals surface area (Å²) in [5, 5.41) is 2.47. The van der Waals surface area contributed by atoms with Crippen molar-refractivity contribution in [2.45, 2.75) is 34.2 Å². The van der Waals surface area contributed by atoms with Crippen LogP contribution in [0.15, 0.2) is 101 Å². The van der Waals surface area contributed by atoms with E-state index < -0.39 is 0 Å². The highest BCUT2D eigenvalue weighted by atomic mass is 35.5. The second kappa shape index (κ2) is 11.1. The van der Waals surface area contributed by atoms with Gasteiger partial charge in [0.15, 0.2) is 5.17 Å². The topological polar surface area (TPSA) is 37.6 Å². The molecular formula is C35H30ClN3OS. The van der Waals surface area contributed by atoms with Crippen LogP contribution in [0.5, 0.6) is 0 Å². The summed E-state index contributed by atoms with van der Waals surface area (Å²) < 4.78 is 2.19. The number of rotatable bonds is 5. The van der Waals surface area contributed by atoms with Gasteiger partial charge in [0, 0.05) is 34.2 Å². The molecule has 41 heavy (non-hydrogen) atoms. The normalized spacial score (nSPS) is 15.5. The van der Waals surface area contributed by atoms with Crippen LogP contribution in [0.1, 0.15) is 33.4 Å². The third-order valence-corrected chi connectivity index (χ3v) is 9.01. The number of amides is 1. The van der Waals surface area contributed by atoms with E-state index in [9.17, 15) is 4.79 Å². The molecule has 0 saturated carbocycles. The highest BCUT2D eigenvalue weighted by Gasteiger charge is 2.35. The van der Waals surface area contributed by atoms with Crippen LogP contribution >= 0.6 is 23.4 Å². The number of aryl methyl sites for hydroxylation is 4. The molecule has 1 fully saturated rings. The third kappa shape index (κ3) is 5.35. The Hall–Kier alpha value is -4.06. The molecular weight excluding hydrogens is 546 g/mol. The van der Waals surface area contributed by atoms with E-state index in [0.29, 0.717) is 16.6 Å². The molecule has 1 aliphatic heterocycles. The van der Waals surface area contributed by atoms with Crippen molar-refractivity contribution in [1.29, 1.82) is 0 Å². The predicted octanol–water partition coefficient (Wildman–Crippen LogP) is 9.39. The molecule has 4 aromatic carbocycles. The van der Waals surface area contributed by atoms with Gasteiger partial charge in [0.25, 0.3) is 5.91 Å². The van der Waals surface area contributed by atoms with Crippen LogP contribution in [-0.2, 0) is 11.3 Å². The van der Waals surface area contributed by atoms with Crippen molar-refractivity contribution in [2.75, 3.05) is 4.90 Å². The van der Waals surface area contributed by atoms with Crippen LogP contribution in [-0.4, -0.2) is 15.6 Å². The average molecular weight is 576 g/mol. The van der Waals surface area contributed by atoms with E-state index in [1.165, 1.54) is 28.5 Å². The Bertz CT molecular complexity index is 1880. The van der Waals surface area contributed by atoms with Crippen molar-refractivity contribution in [3.05, 3.63) is 134 Å². The van der Waals surface area contributed by atoms with Gasteiger partial charge in [-0.15, -0.1) is 0 Å². The number of aliphatic imine (C=N–C) groups is 1. The van der Waals surface area contributed by atoms with Crippen molar-refractivity contribution < 1.29 is 4.79 Å². The lowest BCUT2D eigenvalue weighted by molar-refractivity contribution is -0.113. The molecule has 5 aromatic rings. The number of hydrogen-bond donors (Lipinski definition) is 0. The SMILES string of the molecule is Cc1ccc(N=C2S/C(=C\c3cn(Cc4ccccc4Cl)c4ccccc34)C(=O)N2c2ccc(C)c(C)c2)cc1C. The molecule has 0 spiro atoms. The molecule has 2 heterocycles. The number of fused-ring (bicyclic) bond motifs is 1. The van der Waals surface area contributed by atoms with Gasteiger partial charge in [-0.2, -0.15) is 0 Å². The Morgan fingerprint density at radius 2 is 1.54 bits per heavy atom. The zero-order valence-corrected chi connectivity index (χ0v) is 25.1. The third-order valence-electron chi connectivity index (χ3n) is 7.67. The summed E-state index contributed by atoms with van der Waals surface area (Å²) >= 11 is 7.91. The molecule has 6 heteroatoms. The summed E-state index contributed by atoms with van der Waals surface area (Å²) in [7, 11) is 0. The number of amidine groups is 1. The summed E-state index contributed by atoms with van der Waals surface area (Å²) in [6.45, 7) is 8.95. The summed E-state index contributed by atoms with van der Waals surface area (Å²) in [4.78, 5) is 21.4. The van der Waals surface area contributed by atoms with Crippen molar-refractivity contribution >= 4 is 62.8 Å². The van der Waals surface area contributed by atoms with E-state index in [1.807, 2.05) is 54.6 Å². The number of para-hydroxylation sites is 1.